The van der Waals surface area contributed by atoms with E-state index >= 15 is 0 Å². The molecule has 0 heterocycles. The Morgan fingerprint density at radius 3 is 2.25 bits per heavy atom. The van der Waals surface area contributed by atoms with Crippen molar-refractivity contribution >= 4 is 9.84 Å². The van der Waals surface area contributed by atoms with Crippen molar-refractivity contribution in [1.29, 1.82) is 0 Å². The average Bonchev–Trinajstić information content (AvgIpc) is 1.97. The van der Waals surface area contributed by atoms with Crippen molar-refractivity contribution in [3.8, 4) is 0 Å². The molecule has 0 aromatic carbocycles. The summed E-state index contributed by atoms with van der Waals surface area (Å²) in [5.41, 5.74) is 0. The summed E-state index contributed by atoms with van der Waals surface area (Å²) in [6, 6.07) is 0.462. The molecule has 0 spiro atoms. The van der Waals surface area contributed by atoms with Crippen molar-refractivity contribution < 1.29 is 8.42 Å². The highest BCUT2D eigenvalue weighted by atomic mass is 32.2. The fraction of sp³-hybridized carbons (Fsp3) is 1.00. The van der Waals surface area contributed by atoms with Crippen LogP contribution in [0.1, 0.15) is 47.0 Å². The standard InChI is InChI=1S/C12H25NO2S/c1-10(11-6-5-7-11)13-8-9-16(14,15)12(2,3)4/h10-11,13H,5-9H2,1-4H3/t10-/m1/s1. The molecule has 16 heavy (non-hydrogen) atoms. The third kappa shape index (κ3) is 3.45. The van der Waals surface area contributed by atoms with Crippen LogP contribution in [0.3, 0.4) is 0 Å². The topological polar surface area (TPSA) is 46.2 Å². The zero-order valence-corrected chi connectivity index (χ0v) is 11.7. The van der Waals surface area contributed by atoms with Crippen LogP contribution >= 0.6 is 0 Å². The third-order valence-electron chi connectivity index (χ3n) is 3.63. The van der Waals surface area contributed by atoms with Gasteiger partial charge in [-0.05, 0) is 46.5 Å². The maximum atomic E-state index is 11.8. The van der Waals surface area contributed by atoms with Gasteiger partial charge in [0.05, 0.1) is 10.5 Å². The molecule has 3 nitrogen and oxygen atoms in total. The van der Waals surface area contributed by atoms with Crippen LogP contribution in [-0.2, 0) is 9.84 Å². The molecule has 0 radical (unpaired) electrons. The molecule has 1 N–H and O–H groups in total. The van der Waals surface area contributed by atoms with E-state index in [0.29, 0.717) is 12.6 Å². The van der Waals surface area contributed by atoms with Crippen LogP contribution in [-0.4, -0.2) is 31.5 Å². The van der Waals surface area contributed by atoms with Crippen molar-refractivity contribution in [2.75, 3.05) is 12.3 Å². The number of hydrogen-bond donors (Lipinski definition) is 1. The summed E-state index contributed by atoms with van der Waals surface area (Å²) in [6.07, 6.45) is 3.91. The molecule has 0 amide bonds. The zero-order chi connectivity index (χ0) is 12.4. The summed E-state index contributed by atoms with van der Waals surface area (Å²) in [5.74, 6) is 1.01. The van der Waals surface area contributed by atoms with E-state index in [-0.39, 0.29) is 5.75 Å². The molecule has 1 saturated carbocycles. The molecule has 96 valence electrons. The first-order valence-corrected chi connectivity index (χ1v) is 7.85. The molecule has 0 unspecified atom stereocenters. The van der Waals surface area contributed by atoms with Gasteiger partial charge in [0.15, 0.2) is 9.84 Å². The van der Waals surface area contributed by atoms with E-state index in [1.807, 2.05) is 0 Å². The van der Waals surface area contributed by atoms with E-state index in [4.69, 9.17) is 0 Å². The lowest BCUT2D eigenvalue weighted by Gasteiger charge is -2.32. The molecule has 1 aliphatic carbocycles. The van der Waals surface area contributed by atoms with E-state index in [0.717, 1.165) is 5.92 Å². The van der Waals surface area contributed by atoms with Gasteiger partial charge in [0.1, 0.15) is 0 Å². The Morgan fingerprint density at radius 2 is 1.88 bits per heavy atom. The fourth-order valence-electron chi connectivity index (χ4n) is 1.83. The fourth-order valence-corrected chi connectivity index (χ4v) is 2.83. The first kappa shape index (κ1) is 14.0. The predicted octanol–water partition coefficient (Wildman–Crippen LogP) is 1.98. The maximum Gasteiger partial charge on any atom is 0.156 e. The molecule has 1 aliphatic rings. The van der Waals surface area contributed by atoms with Gasteiger partial charge in [-0.2, -0.15) is 0 Å². The van der Waals surface area contributed by atoms with Gasteiger partial charge in [-0.15, -0.1) is 0 Å². The normalized spacial score (nSPS) is 20.5. The van der Waals surface area contributed by atoms with Gasteiger partial charge < -0.3 is 5.32 Å². The largest absolute Gasteiger partial charge is 0.313 e. The Balaban J connectivity index is 2.29. The van der Waals surface area contributed by atoms with Crippen LogP contribution in [0.2, 0.25) is 0 Å². The Labute approximate surface area is 99.9 Å². The summed E-state index contributed by atoms with van der Waals surface area (Å²) < 4.78 is 23.1. The van der Waals surface area contributed by atoms with Crippen molar-refractivity contribution in [1.82, 2.24) is 5.32 Å². The van der Waals surface area contributed by atoms with Crippen LogP contribution in [0.25, 0.3) is 0 Å². The number of nitrogens with one attached hydrogen (secondary N) is 1. The highest BCUT2D eigenvalue weighted by Crippen LogP contribution is 2.29. The molecule has 0 aromatic rings. The highest BCUT2D eigenvalue weighted by molar-refractivity contribution is 7.92. The summed E-state index contributed by atoms with van der Waals surface area (Å²) >= 11 is 0. The Kier molecular flexibility index (Phi) is 4.41. The highest BCUT2D eigenvalue weighted by Gasteiger charge is 2.29. The lowest BCUT2D eigenvalue weighted by molar-refractivity contribution is 0.243. The molecule has 0 bridgehead atoms. The van der Waals surface area contributed by atoms with Crippen molar-refractivity contribution in [2.24, 2.45) is 5.92 Å². The molecular formula is C12H25NO2S. The minimum absolute atomic E-state index is 0.244. The summed E-state index contributed by atoms with van der Waals surface area (Å²) in [4.78, 5) is 0. The van der Waals surface area contributed by atoms with Gasteiger partial charge in [-0.25, -0.2) is 8.42 Å². The summed E-state index contributed by atoms with van der Waals surface area (Å²) in [7, 11) is -2.97. The summed E-state index contributed by atoms with van der Waals surface area (Å²) in [5, 5.41) is 3.33. The lowest BCUT2D eigenvalue weighted by atomic mass is 9.80. The third-order valence-corrected chi connectivity index (χ3v) is 6.23. The van der Waals surface area contributed by atoms with Gasteiger partial charge >= 0.3 is 0 Å². The monoisotopic (exact) mass is 247 g/mol. The van der Waals surface area contributed by atoms with Crippen molar-refractivity contribution in [2.45, 2.75) is 57.7 Å². The maximum absolute atomic E-state index is 11.8. The number of rotatable bonds is 5. The second-order valence-electron chi connectivity index (χ2n) is 5.87. The van der Waals surface area contributed by atoms with E-state index in [2.05, 4.69) is 12.2 Å². The van der Waals surface area contributed by atoms with Gasteiger partial charge in [0.25, 0.3) is 0 Å². The first-order chi connectivity index (χ1) is 7.24. The van der Waals surface area contributed by atoms with Crippen LogP contribution < -0.4 is 5.32 Å². The van der Waals surface area contributed by atoms with Crippen molar-refractivity contribution in [3.05, 3.63) is 0 Å². The molecule has 1 fully saturated rings. The van der Waals surface area contributed by atoms with Gasteiger partial charge in [-0.1, -0.05) is 6.42 Å². The molecule has 1 rings (SSSR count). The van der Waals surface area contributed by atoms with Crippen LogP contribution in [0.4, 0.5) is 0 Å². The first-order valence-electron chi connectivity index (χ1n) is 6.20. The Morgan fingerprint density at radius 1 is 1.31 bits per heavy atom. The van der Waals surface area contributed by atoms with Crippen LogP contribution in [0.15, 0.2) is 0 Å². The Hall–Kier alpha value is -0.0900. The van der Waals surface area contributed by atoms with E-state index < -0.39 is 14.6 Å². The summed E-state index contributed by atoms with van der Waals surface area (Å²) in [6.45, 7) is 8.03. The lowest BCUT2D eigenvalue weighted by Crippen LogP contribution is -2.41. The molecule has 0 aliphatic heterocycles. The van der Waals surface area contributed by atoms with Gasteiger partial charge in [0.2, 0.25) is 0 Å². The van der Waals surface area contributed by atoms with Crippen LogP contribution in [0, 0.1) is 5.92 Å². The Bertz CT molecular complexity index is 312. The second-order valence-corrected chi connectivity index (χ2v) is 8.73. The second kappa shape index (κ2) is 5.05. The van der Waals surface area contributed by atoms with Gasteiger partial charge in [-0.3, -0.25) is 0 Å². The molecule has 0 aromatic heterocycles. The predicted molar refractivity (Wildman–Crippen MR) is 68.3 cm³/mol. The van der Waals surface area contributed by atoms with Gasteiger partial charge in [0, 0.05) is 12.6 Å². The minimum atomic E-state index is -2.97. The minimum Gasteiger partial charge on any atom is -0.313 e. The SMILES string of the molecule is C[C@@H](NCCS(=O)(=O)C(C)(C)C)C1CCC1. The van der Waals surface area contributed by atoms with E-state index in [1.54, 1.807) is 20.8 Å². The molecular weight excluding hydrogens is 222 g/mol. The van der Waals surface area contributed by atoms with Crippen molar-refractivity contribution in [3.63, 3.8) is 0 Å². The van der Waals surface area contributed by atoms with E-state index in [9.17, 15) is 8.42 Å². The van der Waals surface area contributed by atoms with E-state index in [1.165, 1.54) is 19.3 Å². The quantitative estimate of drug-likeness (QED) is 0.808. The zero-order valence-electron chi connectivity index (χ0n) is 10.9. The smallest absolute Gasteiger partial charge is 0.156 e. The molecule has 0 saturated heterocycles. The van der Waals surface area contributed by atoms with Crippen LogP contribution in [0.5, 0.6) is 0 Å². The number of sulfone groups is 1. The average molecular weight is 247 g/mol. The molecule has 1 atom stereocenters. The molecule has 4 heteroatoms. The number of hydrogen-bond acceptors (Lipinski definition) is 3.